The standard InChI is InChI=1S/C22H22/c1-3-15-9-11-19-18(13-15)14-21-20(19)12-10-16(4-2)22(21)17-7-5-6-8-17/h5-7,9-13H,3-4,8,14H2,1-2H3. The van der Waals surface area contributed by atoms with Gasteiger partial charge in [0.15, 0.2) is 0 Å². The predicted octanol–water partition coefficient (Wildman–Crippen LogP) is 5.73. The molecule has 2 aliphatic rings. The molecule has 0 radical (unpaired) electrons. The summed E-state index contributed by atoms with van der Waals surface area (Å²) in [5.41, 5.74) is 11.9. The third-order valence-corrected chi connectivity index (χ3v) is 5.11. The van der Waals surface area contributed by atoms with E-state index in [0.29, 0.717) is 0 Å². The van der Waals surface area contributed by atoms with E-state index in [-0.39, 0.29) is 0 Å². The Morgan fingerprint density at radius 3 is 2.55 bits per heavy atom. The molecule has 0 heteroatoms. The second kappa shape index (κ2) is 5.28. The van der Waals surface area contributed by atoms with Crippen LogP contribution in [0.2, 0.25) is 0 Å². The molecule has 4 rings (SSSR count). The molecule has 0 bridgehead atoms. The van der Waals surface area contributed by atoms with Crippen LogP contribution < -0.4 is 0 Å². The van der Waals surface area contributed by atoms with Crippen LogP contribution in [0.1, 0.15) is 48.1 Å². The molecule has 0 spiro atoms. The van der Waals surface area contributed by atoms with E-state index in [4.69, 9.17) is 0 Å². The second-order valence-electron chi connectivity index (χ2n) is 6.33. The van der Waals surface area contributed by atoms with Crippen LogP contribution >= 0.6 is 0 Å². The van der Waals surface area contributed by atoms with Gasteiger partial charge < -0.3 is 0 Å². The predicted molar refractivity (Wildman–Crippen MR) is 95.2 cm³/mol. The maximum absolute atomic E-state index is 2.41. The number of aryl methyl sites for hydroxylation is 2. The van der Waals surface area contributed by atoms with Gasteiger partial charge in [-0.2, -0.15) is 0 Å². The van der Waals surface area contributed by atoms with Crippen molar-refractivity contribution in [1.29, 1.82) is 0 Å². The van der Waals surface area contributed by atoms with Crippen LogP contribution in [0.5, 0.6) is 0 Å². The molecule has 0 aromatic heterocycles. The van der Waals surface area contributed by atoms with E-state index in [9.17, 15) is 0 Å². The Morgan fingerprint density at radius 1 is 0.955 bits per heavy atom. The number of fused-ring (bicyclic) bond motifs is 3. The number of benzene rings is 2. The van der Waals surface area contributed by atoms with Crippen molar-refractivity contribution in [1.82, 2.24) is 0 Å². The first-order valence-electron chi connectivity index (χ1n) is 8.44. The molecule has 0 atom stereocenters. The van der Waals surface area contributed by atoms with E-state index in [2.05, 4.69) is 62.4 Å². The van der Waals surface area contributed by atoms with Crippen LogP contribution in [0.25, 0.3) is 16.7 Å². The largest absolute Gasteiger partial charge is 0.0801 e. The van der Waals surface area contributed by atoms with Crippen molar-refractivity contribution in [3.8, 4) is 11.1 Å². The minimum absolute atomic E-state index is 1.08. The van der Waals surface area contributed by atoms with Gasteiger partial charge in [0.2, 0.25) is 0 Å². The third-order valence-electron chi connectivity index (χ3n) is 5.11. The number of rotatable bonds is 3. The van der Waals surface area contributed by atoms with Crippen LogP contribution in [-0.2, 0) is 19.3 Å². The van der Waals surface area contributed by atoms with Crippen molar-refractivity contribution >= 4 is 5.57 Å². The summed E-state index contributed by atoms with van der Waals surface area (Å²) in [4.78, 5) is 0. The van der Waals surface area contributed by atoms with Gasteiger partial charge >= 0.3 is 0 Å². The van der Waals surface area contributed by atoms with E-state index >= 15 is 0 Å². The summed E-state index contributed by atoms with van der Waals surface area (Å²) in [7, 11) is 0. The lowest BCUT2D eigenvalue weighted by Gasteiger charge is -2.15. The van der Waals surface area contributed by atoms with E-state index in [0.717, 1.165) is 25.7 Å². The average Bonchev–Trinajstić information content (AvgIpc) is 3.20. The Bertz CT molecular complexity index is 803. The van der Waals surface area contributed by atoms with E-state index < -0.39 is 0 Å². The quantitative estimate of drug-likeness (QED) is 0.577. The topological polar surface area (TPSA) is 0 Å². The summed E-state index contributed by atoms with van der Waals surface area (Å²) in [6.07, 6.45) is 11.2. The Balaban J connectivity index is 1.90. The van der Waals surface area contributed by atoms with Gasteiger partial charge in [0.1, 0.15) is 0 Å². The van der Waals surface area contributed by atoms with Gasteiger partial charge in [0, 0.05) is 0 Å². The maximum Gasteiger partial charge on any atom is -0.000720 e. The Hall–Kier alpha value is -2.08. The van der Waals surface area contributed by atoms with Crippen LogP contribution in [0.15, 0.2) is 48.6 Å². The van der Waals surface area contributed by atoms with Crippen molar-refractivity contribution in [3.05, 3.63) is 76.4 Å². The van der Waals surface area contributed by atoms with Crippen molar-refractivity contribution in [2.24, 2.45) is 0 Å². The first-order chi connectivity index (χ1) is 10.8. The van der Waals surface area contributed by atoms with Gasteiger partial charge in [-0.3, -0.25) is 0 Å². The lowest BCUT2D eigenvalue weighted by Crippen LogP contribution is -1.98. The van der Waals surface area contributed by atoms with Gasteiger partial charge in [-0.15, -0.1) is 0 Å². The first-order valence-corrected chi connectivity index (χ1v) is 8.44. The Morgan fingerprint density at radius 2 is 1.82 bits per heavy atom. The Kier molecular flexibility index (Phi) is 3.26. The zero-order chi connectivity index (χ0) is 15.1. The fourth-order valence-corrected chi connectivity index (χ4v) is 3.93. The van der Waals surface area contributed by atoms with E-state index in [1.807, 2.05) is 0 Å². The highest BCUT2D eigenvalue weighted by molar-refractivity contribution is 5.86. The fraction of sp³-hybridized carbons (Fsp3) is 0.273. The molecular formula is C22H22. The molecule has 0 aliphatic heterocycles. The molecule has 0 nitrogen and oxygen atoms in total. The molecule has 0 saturated heterocycles. The van der Waals surface area contributed by atoms with Crippen molar-refractivity contribution in [2.75, 3.05) is 0 Å². The van der Waals surface area contributed by atoms with Crippen LogP contribution in [0.3, 0.4) is 0 Å². The fourth-order valence-electron chi connectivity index (χ4n) is 3.93. The van der Waals surface area contributed by atoms with Gasteiger partial charge in [-0.1, -0.05) is 62.4 Å². The molecule has 22 heavy (non-hydrogen) atoms. The van der Waals surface area contributed by atoms with Crippen LogP contribution in [0.4, 0.5) is 0 Å². The number of hydrogen-bond acceptors (Lipinski definition) is 0. The molecule has 110 valence electrons. The summed E-state index contributed by atoms with van der Waals surface area (Å²) in [6, 6.07) is 11.7. The van der Waals surface area contributed by atoms with Gasteiger partial charge in [0.05, 0.1) is 0 Å². The van der Waals surface area contributed by atoms with Gasteiger partial charge in [-0.25, -0.2) is 0 Å². The highest BCUT2D eigenvalue weighted by atomic mass is 14.3. The third kappa shape index (κ3) is 1.98. The smallest absolute Gasteiger partial charge is 0.000720 e. The van der Waals surface area contributed by atoms with Crippen molar-refractivity contribution in [3.63, 3.8) is 0 Å². The highest BCUT2D eigenvalue weighted by Crippen LogP contribution is 2.43. The molecule has 0 unspecified atom stereocenters. The summed E-state index contributed by atoms with van der Waals surface area (Å²) >= 11 is 0. The van der Waals surface area contributed by atoms with Crippen molar-refractivity contribution in [2.45, 2.75) is 39.5 Å². The molecule has 0 saturated carbocycles. The molecular weight excluding hydrogens is 264 g/mol. The highest BCUT2D eigenvalue weighted by Gasteiger charge is 2.24. The Labute approximate surface area is 133 Å². The maximum atomic E-state index is 2.41. The van der Waals surface area contributed by atoms with Gasteiger partial charge in [-0.05, 0) is 70.2 Å². The summed E-state index contributed by atoms with van der Waals surface area (Å²) in [5.74, 6) is 0. The van der Waals surface area contributed by atoms with E-state index in [1.54, 1.807) is 5.56 Å². The second-order valence-corrected chi connectivity index (χ2v) is 6.33. The zero-order valence-corrected chi connectivity index (χ0v) is 13.4. The van der Waals surface area contributed by atoms with Crippen LogP contribution in [0, 0.1) is 0 Å². The molecule has 2 aromatic carbocycles. The monoisotopic (exact) mass is 286 g/mol. The zero-order valence-electron chi connectivity index (χ0n) is 13.4. The SMILES string of the molecule is CCc1ccc2c(c1)Cc1c-2ccc(CC)c1C1=CC=CC1. The molecule has 2 aliphatic carbocycles. The molecule has 2 aromatic rings. The number of hydrogen-bond donors (Lipinski definition) is 0. The first kappa shape index (κ1) is 13.6. The van der Waals surface area contributed by atoms with Crippen LogP contribution in [-0.4, -0.2) is 0 Å². The molecule has 0 N–H and O–H groups in total. The summed E-state index contributed by atoms with van der Waals surface area (Å²) in [6.45, 7) is 4.50. The summed E-state index contributed by atoms with van der Waals surface area (Å²) in [5, 5.41) is 0. The van der Waals surface area contributed by atoms with E-state index in [1.165, 1.54) is 39.0 Å². The minimum atomic E-state index is 1.08. The molecule has 0 amide bonds. The lowest BCUT2D eigenvalue weighted by molar-refractivity contribution is 1.10. The minimum Gasteiger partial charge on any atom is -0.0801 e. The molecule has 0 fully saturated rings. The average molecular weight is 286 g/mol. The summed E-state index contributed by atoms with van der Waals surface area (Å²) < 4.78 is 0. The molecule has 0 heterocycles. The van der Waals surface area contributed by atoms with Crippen molar-refractivity contribution < 1.29 is 0 Å². The lowest BCUT2D eigenvalue weighted by atomic mass is 9.89. The van der Waals surface area contributed by atoms with Gasteiger partial charge in [0.25, 0.3) is 0 Å². The normalized spacial score (nSPS) is 14.9. The number of allylic oxidation sites excluding steroid dienone is 4.